The summed E-state index contributed by atoms with van der Waals surface area (Å²) in [4.78, 5) is 4.27. The van der Waals surface area contributed by atoms with Crippen LogP contribution >= 0.6 is 15.9 Å². The molecule has 2 rings (SSSR count). The van der Waals surface area contributed by atoms with Crippen molar-refractivity contribution in [1.82, 2.24) is 4.98 Å². The Hall–Kier alpha value is -1.75. The van der Waals surface area contributed by atoms with Crippen LogP contribution in [0.25, 0.3) is 0 Å². The Bertz CT molecular complexity index is 557. The number of nitrogens with two attached hydrogens (primary N) is 1. The number of anilines is 2. The third kappa shape index (κ3) is 3.38. The first-order valence-electron chi connectivity index (χ1n) is 5.91. The van der Waals surface area contributed by atoms with Crippen LogP contribution in [0.2, 0.25) is 0 Å². The van der Waals surface area contributed by atoms with E-state index >= 15 is 0 Å². The topological polar surface area (TPSA) is 60.2 Å². The monoisotopic (exact) mass is 321 g/mol. The van der Waals surface area contributed by atoms with E-state index in [-0.39, 0.29) is 6.04 Å². The van der Waals surface area contributed by atoms with Crippen molar-refractivity contribution in [3.05, 3.63) is 46.6 Å². The SMILES string of the molecule is COc1ccc(C(C)Nc2ncc(Br)cc2N)cc1. The van der Waals surface area contributed by atoms with E-state index < -0.39 is 0 Å². The molecule has 3 N–H and O–H groups in total. The first-order valence-corrected chi connectivity index (χ1v) is 6.71. The summed E-state index contributed by atoms with van der Waals surface area (Å²) in [6, 6.07) is 9.85. The molecule has 1 unspecified atom stereocenters. The number of nitrogens with zero attached hydrogens (tertiary/aromatic N) is 1. The average Bonchev–Trinajstić information content (AvgIpc) is 2.42. The predicted molar refractivity (Wildman–Crippen MR) is 81.4 cm³/mol. The van der Waals surface area contributed by atoms with Gasteiger partial charge >= 0.3 is 0 Å². The van der Waals surface area contributed by atoms with Gasteiger partial charge in [-0.05, 0) is 46.6 Å². The van der Waals surface area contributed by atoms with E-state index in [1.807, 2.05) is 30.3 Å². The number of hydrogen-bond donors (Lipinski definition) is 2. The summed E-state index contributed by atoms with van der Waals surface area (Å²) < 4.78 is 6.01. The maximum absolute atomic E-state index is 5.92. The number of rotatable bonds is 4. The number of methoxy groups -OCH3 is 1. The molecule has 1 atom stereocenters. The molecule has 0 radical (unpaired) electrons. The fraction of sp³-hybridized carbons (Fsp3) is 0.214. The summed E-state index contributed by atoms with van der Waals surface area (Å²) in [7, 11) is 1.66. The Morgan fingerprint density at radius 2 is 2.00 bits per heavy atom. The van der Waals surface area contributed by atoms with Crippen LogP contribution in [-0.2, 0) is 0 Å². The minimum atomic E-state index is 0.113. The molecular weight excluding hydrogens is 306 g/mol. The van der Waals surface area contributed by atoms with Crippen molar-refractivity contribution in [3.8, 4) is 5.75 Å². The minimum absolute atomic E-state index is 0.113. The van der Waals surface area contributed by atoms with Gasteiger partial charge in [0.15, 0.2) is 0 Å². The predicted octanol–water partition coefficient (Wildman–Crippen LogP) is 3.61. The third-order valence-electron chi connectivity index (χ3n) is 2.85. The molecule has 0 fully saturated rings. The quantitative estimate of drug-likeness (QED) is 0.903. The molecule has 1 aromatic heterocycles. The second-order valence-electron chi connectivity index (χ2n) is 4.23. The number of benzene rings is 1. The summed E-state index contributed by atoms with van der Waals surface area (Å²) in [5, 5.41) is 3.29. The molecule has 2 aromatic rings. The number of pyridine rings is 1. The molecule has 0 aliphatic rings. The lowest BCUT2D eigenvalue weighted by atomic mass is 10.1. The van der Waals surface area contributed by atoms with Crippen molar-refractivity contribution < 1.29 is 4.74 Å². The zero-order chi connectivity index (χ0) is 13.8. The van der Waals surface area contributed by atoms with Crippen molar-refractivity contribution in [2.24, 2.45) is 0 Å². The summed E-state index contributed by atoms with van der Waals surface area (Å²) in [6.07, 6.45) is 1.72. The molecule has 0 saturated carbocycles. The Kier molecular flexibility index (Phi) is 4.27. The Labute approximate surface area is 121 Å². The maximum Gasteiger partial charge on any atom is 0.149 e. The number of halogens is 1. The van der Waals surface area contributed by atoms with Gasteiger partial charge < -0.3 is 15.8 Å². The number of aromatic nitrogens is 1. The molecule has 4 nitrogen and oxygen atoms in total. The zero-order valence-corrected chi connectivity index (χ0v) is 12.4. The second kappa shape index (κ2) is 5.93. The summed E-state index contributed by atoms with van der Waals surface area (Å²) in [5.41, 5.74) is 7.68. The van der Waals surface area contributed by atoms with Crippen LogP contribution in [-0.4, -0.2) is 12.1 Å². The van der Waals surface area contributed by atoms with Gasteiger partial charge in [0.2, 0.25) is 0 Å². The van der Waals surface area contributed by atoms with Crippen molar-refractivity contribution in [1.29, 1.82) is 0 Å². The highest BCUT2D eigenvalue weighted by Gasteiger charge is 2.08. The summed E-state index contributed by atoms with van der Waals surface area (Å²) in [5.74, 6) is 1.53. The van der Waals surface area contributed by atoms with Crippen LogP contribution in [0.5, 0.6) is 5.75 Å². The Morgan fingerprint density at radius 1 is 1.32 bits per heavy atom. The normalized spacial score (nSPS) is 11.9. The van der Waals surface area contributed by atoms with E-state index in [4.69, 9.17) is 10.5 Å². The number of nitrogen functional groups attached to an aromatic ring is 1. The lowest BCUT2D eigenvalue weighted by molar-refractivity contribution is 0.414. The first-order chi connectivity index (χ1) is 9.10. The summed E-state index contributed by atoms with van der Waals surface area (Å²) >= 11 is 3.34. The van der Waals surface area contributed by atoms with Crippen LogP contribution in [0.4, 0.5) is 11.5 Å². The molecule has 0 spiro atoms. The number of nitrogens with one attached hydrogen (secondary N) is 1. The van der Waals surface area contributed by atoms with Crippen molar-refractivity contribution in [2.75, 3.05) is 18.2 Å². The van der Waals surface area contributed by atoms with E-state index in [0.29, 0.717) is 11.5 Å². The highest BCUT2D eigenvalue weighted by molar-refractivity contribution is 9.10. The molecule has 0 amide bonds. The molecule has 5 heteroatoms. The Balaban J connectivity index is 2.13. The highest BCUT2D eigenvalue weighted by Crippen LogP contribution is 2.25. The molecular formula is C14H16BrN3O. The van der Waals surface area contributed by atoms with E-state index in [1.54, 1.807) is 13.3 Å². The smallest absolute Gasteiger partial charge is 0.149 e. The van der Waals surface area contributed by atoms with Gasteiger partial charge in [-0.1, -0.05) is 12.1 Å². The lowest BCUT2D eigenvalue weighted by Crippen LogP contribution is -2.09. The molecule has 1 aromatic carbocycles. The molecule has 100 valence electrons. The van der Waals surface area contributed by atoms with E-state index in [1.165, 1.54) is 0 Å². The van der Waals surface area contributed by atoms with Crippen molar-refractivity contribution in [3.63, 3.8) is 0 Å². The molecule has 19 heavy (non-hydrogen) atoms. The van der Waals surface area contributed by atoms with Gasteiger partial charge in [0.25, 0.3) is 0 Å². The van der Waals surface area contributed by atoms with Crippen LogP contribution in [0.3, 0.4) is 0 Å². The second-order valence-corrected chi connectivity index (χ2v) is 5.15. The lowest BCUT2D eigenvalue weighted by Gasteiger charge is -2.16. The molecule has 0 aliphatic carbocycles. The van der Waals surface area contributed by atoms with E-state index in [0.717, 1.165) is 15.8 Å². The van der Waals surface area contributed by atoms with Crippen LogP contribution in [0.15, 0.2) is 41.0 Å². The molecule has 0 aliphatic heterocycles. The molecule has 0 bridgehead atoms. The van der Waals surface area contributed by atoms with Gasteiger partial charge in [-0.3, -0.25) is 0 Å². The standard InChI is InChI=1S/C14H16BrN3O/c1-9(10-3-5-12(19-2)6-4-10)18-14-13(16)7-11(15)8-17-14/h3-9H,16H2,1-2H3,(H,17,18). The fourth-order valence-corrected chi connectivity index (χ4v) is 2.11. The van der Waals surface area contributed by atoms with Crippen molar-refractivity contribution >= 4 is 27.4 Å². The number of hydrogen-bond acceptors (Lipinski definition) is 4. The van der Waals surface area contributed by atoms with Crippen molar-refractivity contribution in [2.45, 2.75) is 13.0 Å². The maximum atomic E-state index is 5.92. The Morgan fingerprint density at radius 3 is 2.58 bits per heavy atom. The van der Waals surface area contributed by atoms with Gasteiger partial charge in [-0.2, -0.15) is 0 Å². The van der Waals surface area contributed by atoms with Crippen LogP contribution in [0.1, 0.15) is 18.5 Å². The molecule has 1 heterocycles. The van der Waals surface area contributed by atoms with E-state index in [9.17, 15) is 0 Å². The van der Waals surface area contributed by atoms with E-state index in [2.05, 4.69) is 33.2 Å². The van der Waals surface area contributed by atoms with Gasteiger partial charge in [-0.15, -0.1) is 0 Å². The average molecular weight is 322 g/mol. The molecule has 0 saturated heterocycles. The largest absolute Gasteiger partial charge is 0.497 e. The van der Waals surface area contributed by atoms with Gasteiger partial charge in [-0.25, -0.2) is 4.98 Å². The number of ether oxygens (including phenoxy) is 1. The van der Waals surface area contributed by atoms with Crippen LogP contribution in [0, 0.1) is 0 Å². The van der Waals surface area contributed by atoms with Crippen LogP contribution < -0.4 is 15.8 Å². The highest BCUT2D eigenvalue weighted by atomic mass is 79.9. The minimum Gasteiger partial charge on any atom is -0.497 e. The third-order valence-corrected chi connectivity index (χ3v) is 3.29. The van der Waals surface area contributed by atoms with Gasteiger partial charge in [0.1, 0.15) is 11.6 Å². The first kappa shape index (κ1) is 13.7. The fourth-order valence-electron chi connectivity index (χ4n) is 1.76. The van der Waals surface area contributed by atoms with Gasteiger partial charge in [0.05, 0.1) is 18.8 Å². The van der Waals surface area contributed by atoms with Gasteiger partial charge in [0, 0.05) is 10.7 Å². The summed E-state index contributed by atoms with van der Waals surface area (Å²) in [6.45, 7) is 2.06. The zero-order valence-electron chi connectivity index (χ0n) is 10.9.